The number of hydrogen-bond donors (Lipinski definition) is 2. The molecule has 0 amide bonds. The molecular formula is C17H22F3N3O. The largest absolute Gasteiger partial charge is 0.411 e. The highest BCUT2D eigenvalue weighted by molar-refractivity contribution is 5.80. The number of halogens is 3. The van der Waals surface area contributed by atoms with Crippen LogP contribution in [-0.2, 0) is 4.74 Å². The van der Waals surface area contributed by atoms with E-state index in [1.807, 2.05) is 19.2 Å². The summed E-state index contributed by atoms with van der Waals surface area (Å²) in [5.74, 6) is 0. The fourth-order valence-corrected chi connectivity index (χ4v) is 2.52. The second-order valence-electron chi connectivity index (χ2n) is 5.89. The Morgan fingerprint density at radius 2 is 2.08 bits per heavy atom. The third-order valence-electron chi connectivity index (χ3n) is 3.47. The SMILES string of the molecule is CC1=CC(c2ccc(N)c(NCCOCC(F)(F)F)c2)=CN(C)C1. The molecule has 0 fully saturated rings. The summed E-state index contributed by atoms with van der Waals surface area (Å²) >= 11 is 0. The van der Waals surface area contributed by atoms with Crippen LogP contribution in [0.15, 0.2) is 36.0 Å². The minimum Gasteiger partial charge on any atom is -0.397 e. The molecular weight excluding hydrogens is 319 g/mol. The van der Waals surface area contributed by atoms with Crippen LogP contribution < -0.4 is 11.1 Å². The van der Waals surface area contributed by atoms with E-state index in [0.717, 1.165) is 17.7 Å². The van der Waals surface area contributed by atoms with Crippen molar-refractivity contribution < 1.29 is 17.9 Å². The van der Waals surface area contributed by atoms with E-state index in [0.29, 0.717) is 11.4 Å². The van der Waals surface area contributed by atoms with Gasteiger partial charge >= 0.3 is 6.18 Å². The van der Waals surface area contributed by atoms with Crippen molar-refractivity contribution in [3.8, 4) is 0 Å². The molecule has 3 N–H and O–H groups in total. The molecule has 0 radical (unpaired) electrons. The van der Waals surface area contributed by atoms with Crippen LogP contribution in [0.3, 0.4) is 0 Å². The topological polar surface area (TPSA) is 50.5 Å². The van der Waals surface area contributed by atoms with Crippen LogP contribution in [0.4, 0.5) is 24.5 Å². The van der Waals surface area contributed by atoms with Crippen LogP contribution in [0.1, 0.15) is 12.5 Å². The van der Waals surface area contributed by atoms with Gasteiger partial charge in [0, 0.05) is 26.3 Å². The lowest BCUT2D eigenvalue weighted by atomic mass is 10.0. The normalized spacial score (nSPS) is 15.1. The molecule has 1 aromatic rings. The Kier molecular flexibility index (Phi) is 5.77. The fourth-order valence-electron chi connectivity index (χ4n) is 2.52. The summed E-state index contributed by atoms with van der Waals surface area (Å²) in [6.07, 6.45) is -0.140. The highest BCUT2D eigenvalue weighted by Crippen LogP contribution is 2.28. The average molecular weight is 341 g/mol. The predicted molar refractivity (Wildman–Crippen MR) is 90.6 cm³/mol. The van der Waals surface area contributed by atoms with E-state index in [1.165, 1.54) is 5.57 Å². The Morgan fingerprint density at radius 1 is 1.33 bits per heavy atom. The minimum absolute atomic E-state index is 0.0480. The smallest absolute Gasteiger partial charge is 0.397 e. The lowest BCUT2D eigenvalue weighted by Gasteiger charge is -2.22. The second kappa shape index (κ2) is 7.61. The molecule has 2 rings (SSSR count). The quantitative estimate of drug-likeness (QED) is 0.614. The number of nitrogens with two attached hydrogens (primary N) is 1. The number of anilines is 2. The Balaban J connectivity index is 1.99. The highest BCUT2D eigenvalue weighted by atomic mass is 19.4. The zero-order valence-electron chi connectivity index (χ0n) is 13.8. The van der Waals surface area contributed by atoms with Crippen LogP contribution >= 0.6 is 0 Å². The Labute approximate surface area is 139 Å². The summed E-state index contributed by atoms with van der Waals surface area (Å²) in [5.41, 5.74) is 10.5. The van der Waals surface area contributed by atoms with Gasteiger partial charge in [0.2, 0.25) is 0 Å². The van der Waals surface area contributed by atoms with Crippen LogP contribution in [0, 0.1) is 0 Å². The first-order valence-corrected chi connectivity index (χ1v) is 7.62. The Morgan fingerprint density at radius 3 is 2.75 bits per heavy atom. The lowest BCUT2D eigenvalue weighted by Crippen LogP contribution is -2.20. The Bertz CT molecular complexity index is 638. The Hall–Kier alpha value is -2.15. The molecule has 0 atom stereocenters. The van der Waals surface area contributed by atoms with Gasteiger partial charge in [-0.3, -0.25) is 0 Å². The van der Waals surface area contributed by atoms with E-state index < -0.39 is 12.8 Å². The van der Waals surface area contributed by atoms with Crippen LogP contribution in [0.5, 0.6) is 0 Å². The molecule has 0 aromatic heterocycles. The van der Waals surface area contributed by atoms with E-state index in [9.17, 15) is 13.2 Å². The number of nitrogens with zero attached hydrogens (tertiary/aromatic N) is 1. The van der Waals surface area contributed by atoms with Crippen LogP contribution in [0.2, 0.25) is 0 Å². The summed E-state index contributed by atoms with van der Waals surface area (Å²) in [5, 5.41) is 3.02. The molecule has 1 aliphatic heterocycles. The maximum absolute atomic E-state index is 12.0. The molecule has 0 bridgehead atoms. The molecule has 1 aromatic carbocycles. The number of alkyl halides is 3. The molecule has 132 valence electrons. The molecule has 4 nitrogen and oxygen atoms in total. The summed E-state index contributed by atoms with van der Waals surface area (Å²) in [4.78, 5) is 2.10. The number of allylic oxidation sites excluding steroid dienone is 2. The van der Waals surface area contributed by atoms with Gasteiger partial charge in [-0.2, -0.15) is 13.2 Å². The van der Waals surface area contributed by atoms with Gasteiger partial charge in [0.25, 0.3) is 0 Å². The summed E-state index contributed by atoms with van der Waals surface area (Å²) < 4.78 is 40.6. The molecule has 0 saturated heterocycles. The van der Waals surface area contributed by atoms with Crippen LogP contribution in [0.25, 0.3) is 5.57 Å². The number of ether oxygens (including phenoxy) is 1. The number of nitrogens with one attached hydrogen (secondary N) is 1. The predicted octanol–water partition coefficient (Wildman–Crippen LogP) is 3.49. The molecule has 7 heteroatoms. The number of hydrogen-bond acceptors (Lipinski definition) is 4. The van der Waals surface area contributed by atoms with E-state index in [1.54, 1.807) is 6.07 Å². The first-order valence-electron chi connectivity index (χ1n) is 7.62. The van der Waals surface area contributed by atoms with Crippen molar-refractivity contribution in [2.24, 2.45) is 0 Å². The lowest BCUT2D eigenvalue weighted by molar-refractivity contribution is -0.172. The number of nitrogen functional groups attached to an aromatic ring is 1. The van der Waals surface area contributed by atoms with Gasteiger partial charge in [-0.1, -0.05) is 17.7 Å². The maximum atomic E-state index is 12.0. The molecule has 0 spiro atoms. The van der Waals surface area contributed by atoms with Crippen molar-refractivity contribution in [2.75, 3.05) is 44.4 Å². The van der Waals surface area contributed by atoms with Crippen molar-refractivity contribution in [1.29, 1.82) is 0 Å². The third-order valence-corrected chi connectivity index (χ3v) is 3.47. The molecule has 0 unspecified atom stereocenters. The van der Waals surface area contributed by atoms with Gasteiger partial charge in [0.1, 0.15) is 6.61 Å². The zero-order chi connectivity index (χ0) is 17.7. The molecule has 24 heavy (non-hydrogen) atoms. The van der Waals surface area contributed by atoms with E-state index in [4.69, 9.17) is 5.73 Å². The van der Waals surface area contributed by atoms with Gasteiger partial charge < -0.3 is 20.7 Å². The van der Waals surface area contributed by atoms with E-state index >= 15 is 0 Å². The summed E-state index contributed by atoms with van der Waals surface area (Å²) in [6.45, 7) is 1.91. The van der Waals surface area contributed by atoms with Crippen molar-refractivity contribution >= 4 is 16.9 Å². The van der Waals surface area contributed by atoms with Crippen molar-refractivity contribution in [3.63, 3.8) is 0 Å². The van der Waals surface area contributed by atoms with Gasteiger partial charge in [-0.05, 0) is 30.2 Å². The van der Waals surface area contributed by atoms with Gasteiger partial charge in [-0.25, -0.2) is 0 Å². The molecule has 0 saturated carbocycles. The molecule has 0 aliphatic carbocycles. The minimum atomic E-state index is -4.30. The van der Waals surface area contributed by atoms with Crippen molar-refractivity contribution in [3.05, 3.63) is 41.6 Å². The van der Waals surface area contributed by atoms with E-state index in [-0.39, 0.29) is 13.2 Å². The first-order chi connectivity index (χ1) is 11.2. The number of benzene rings is 1. The standard InChI is InChI=1S/C17H22F3N3O/c1-12-7-14(10-23(2)9-12)13-3-4-15(21)16(8-13)22-5-6-24-11-17(18,19)20/h3-4,7-8,10,22H,5-6,9,11,21H2,1-2H3. The van der Waals surface area contributed by atoms with Gasteiger partial charge in [0.05, 0.1) is 18.0 Å². The first kappa shape index (κ1) is 18.2. The number of likely N-dealkylation sites (N-methyl/N-ethyl adjacent to an activating group) is 1. The van der Waals surface area contributed by atoms with Crippen molar-refractivity contribution in [1.82, 2.24) is 4.90 Å². The third kappa shape index (κ3) is 5.49. The zero-order valence-corrected chi connectivity index (χ0v) is 13.8. The van der Waals surface area contributed by atoms with Gasteiger partial charge in [-0.15, -0.1) is 0 Å². The molecule has 1 heterocycles. The molecule has 1 aliphatic rings. The van der Waals surface area contributed by atoms with E-state index in [2.05, 4.69) is 34.2 Å². The maximum Gasteiger partial charge on any atom is 0.411 e. The highest BCUT2D eigenvalue weighted by Gasteiger charge is 2.27. The van der Waals surface area contributed by atoms with Crippen molar-refractivity contribution in [2.45, 2.75) is 13.1 Å². The average Bonchev–Trinajstić information content (AvgIpc) is 2.46. The van der Waals surface area contributed by atoms with Crippen LogP contribution in [-0.4, -0.2) is 44.4 Å². The number of rotatable bonds is 6. The second-order valence-corrected chi connectivity index (χ2v) is 5.89. The summed E-state index contributed by atoms with van der Waals surface area (Å²) in [6, 6.07) is 5.61. The monoisotopic (exact) mass is 341 g/mol. The van der Waals surface area contributed by atoms with Gasteiger partial charge in [0.15, 0.2) is 0 Å². The fraction of sp³-hybridized carbons (Fsp3) is 0.412. The summed E-state index contributed by atoms with van der Waals surface area (Å²) in [7, 11) is 2.00.